The molecule has 1 unspecified atom stereocenters. The SMILES string of the molecule is Cc1cc(C(N)C2(c3ccccc3)CCCC2)ccc1F. The van der Waals surface area contributed by atoms with Crippen LogP contribution in [0.25, 0.3) is 0 Å². The average molecular weight is 283 g/mol. The summed E-state index contributed by atoms with van der Waals surface area (Å²) in [5.41, 5.74) is 9.68. The lowest BCUT2D eigenvalue weighted by atomic mass is 9.70. The van der Waals surface area contributed by atoms with Crippen LogP contribution in [0.3, 0.4) is 0 Å². The van der Waals surface area contributed by atoms with Crippen molar-refractivity contribution < 1.29 is 4.39 Å². The van der Waals surface area contributed by atoms with E-state index in [1.54, 1.807) is 6.92 Å². The minimum atomic E-state index is -0.161. The van der Waals surface area contributed by atoms with E-state index in [0.29, 0.717) is 5.56 Å². The Balaban J connectivity index is 2.03. The minimum Gasteiger partial charge on any atom is -0.323 e. The fourth-order valence-corrected chi connectivity index (χ4v) is 3.74. The Labute approximate surface area is 126 Å². The minimum absolute atomic E-state index is 0.00840. The van der Waals surface area contributed by atoms with E-state index < -0.39 is 0 Å². The number of hydrogen-bond donors (Lipinski definition) is 1. The predicted octanol–water partition coefficient (Wildman–Crippen LogP) is 4.65. The second kappa shape index (κ2) is 5.61. The summed E-state index contributed by atoms with van der Waals surface area (Å²) in [4.78, 5) is 0. The highest BCUT2D eigenvalue weighted by atomic mass is 19.1. The molecular formula is C19H22FN. The van der Waals surface area contributed by atoms with Gasteiger partial charge in [0.15, 0.2) is 0 Å². The van der Waals surface area contributed by atoms with Crippen molar-refractivity contribution in [3.8, 4) is 0 Å². The molecule has 0 heterocycles. The Kier molecular flexibility index (Phi) is 3.81. The van der Waals surface area contributed by atoms with E-state index in [1.807, 2.05) is 18.2 Å². The summed E-state index contributed by atoms with van der Waals surface area (Å²) in [7, 11) is 0. The monoisotopic (exact) mass is 283 g/mol. The van der Waals surface area contributed by atoms with Crippen LogP contribution in [-0.4, -0.2) is 0 Å². The Morgan fingerprint density at radius 1 is 1.05 bits per heavy atom. The third kappa shape index (κ3) is 2.49. The van der Waals surface area contributed by atoms with Crippen LogP contribution in [0.4, 0.5) is 4.39 Å². The van der Waals surface area contributed by atoms with Crippen molar-refractivity contribution in [1.82, 2.24) is 0 Å². The molecule has 110 valence electrons. The summed E-state index contributed by atoms with van der Waals surface area (Å²) in [6.07, 6.45) is 4.63. The predicted molar refractivity (Wildman–Crippen MR) is 84.7 cm³/mol. The maximum Gasteiger partial charge on any atom is 0.126 e. The normalized spacial score (nSPS) is 18.6. The Morgan fingerprint density at radius 3 is 2.33 bits per heavy atom. The molecule has 3 rings (SSSR count). The summed E-state index contributed by atoms with van der Waals surface area (Å²) in [5.74, 6) is -0.161. The molecular weight excluding hydrogens is 261 g/mol. The molecule has 21 heavy (non-hydrogen) atoms. The molecule has 2 heteroatoms. The van der Waals surface area contributed by atoms with Gasteiger partial charge in [-0.05, 0) is 42.5 Å². The summed E-state index contributed by atoms with van der Waals surface area (Å²) in [6.45, 7) is 1.80. The van der Waals surface area contributed by atoms with E-state index in [0.717, 1.165) is 18.4 Å². The van der Waals surface area contributed by atoms with Gasteiger partial charge in [-0.15, -0.1) is 0 Å². The second-order valence-corrected chi connectivity index (χ2v) is 6.22. The van der Waals surface area contributed by atoms with Crippen molar-refractivity contribution in [2.45, 2.75) is 44.1 Å². The first-order valence-corrected chi connectivity index (χ1v) is 7.71. The summed E-state index contributed by atoms with van der Waals surface area (Å²) >= 11 is 0. The second-order valence-electron chi connectivity index (χ2n) is 6.22. The van der Waals surface area contributed by atoms with Crippen molar-refractivity contribution in [3.05, 3.63) is 71.0 Å². The molecule has 1 fully saturated rings. The highest BCUT2D eigenvalue weighted by Crippen LogP contribution is 2.48. The van der Waals surface area contributed by atoms with Crippen molar-refractivity contribution in [1.29, 1.82) is 0 Å². The van der Waals surface area contributed by atoms with E-state index in [2.05, 4.69) is 24.3 Å². The fraction of sp³-hybridized carbons (Fsp3) is 0.368. The van der Waals surface area contributed by atoms with Gasteiger partial charge in [0.2, 0.25) is 0 Å². The molecule has 0 aliphatic heterocycles. The van der Waals surface area contributed by atoms with Crippen LogP contribution >= 0.6 is 0 Å². The third-order valence-corrected chi connectivity index (χ3v) is 4.98. The molecule has 0 saturated heterocycles. The van der Waals surface area contributed by atoms with Gasteiger partial charge in [-0.25, -0.2) is 4.39 Å². The first kappa shape index (κ1) is 14.3. The van der Waals surface area contributed by atoms with Gasteiger partial charge < -0.3 is 5.73 Å². The van der Waals surface area contributed by atoms with Crippen LogP contribution in [0.5, 0.6) is 0 Å². The van der Waals surface area contributed by atoms with Gasteiger partial charge >= 0.3 is 0 Å². The maximum absolute atomic E-state index is 13.5. The van der Waals surface area contributed by atoms with Gasteiger partial charge in [0.25, 0.3) is 0 Å². The molecule has 2 N–H and O–H groups in total. The first-order valence-electron chi connectivity index (χ1n) is 7.71. The third-order valence-electron chi connectivity index (χ3n) is 4.98. The largest absolute Gasteiger partial charge is 0.323 e. The number of aryl methyl sites for hydroxylation is 1. The Hall–Kier alpha value is -1.67. The topological polar surface area (TPSA) is 26.0 Å². The van der Waals surface area contributed by atoms with Crippen LogP contribution in [0, 0.1) is 12.7 Å². The van der Waals surface area contributed by atoms with Crippen LogP contribution in [0.1, 0.15) is 48.4 Å². The van der Waals surface area contributed by atoms with E-state index in [-0.39, 0.29) is 17.3 Å². The van der Waals surface area contributed by atoms with E-state index in [4.69, 9.17) is 5.73 Å². The van der Waals surface area contributed by atoms with Gasteiger partial charge in [-0.1, -0.05) is 55.3 Å². The number of hydrogen-bond acceptors (Lipinski definition) is 1. The molecule has 1 aliphatic carbocycles. The quantitative estimate of drug-likeness (QED) is 0.872. The Bertz CT molecular complexity index is 615. The van der Waals surface area contributed by atoms with Gasteiger partial charge in [0.05, 0.1) is 0 Å². The van der Waals surface area contributed by atoms with Crippen LogP contribution in [0.15, 0.2) is 48.5 Å². The van der Waals surface area contributed by atoms with E-state index in [1.165, 1.54) is 24.5 Å². The molecule has 2 aromatic rings. The first-order chi connectivity index (χ1) is 10.1. The number of benzene rings is 2. The van der Waals surface area contributed by atoms with Crippen LogP contribution < -0.4 is 5.73 Å². The number of halogens is 1. The van der Waals surface area contributed by atoms with Gasteiger partial charge in [-0.2, -0.15) is 0 Å². The molecule has 2 aromatic carbocycles. The zero-order chi connectivity index (χ0) is 14.9. The van der Waals surface area contributed by atoms with Gasteiger partial charge in [0, 0.05) is 11.5 Å². The smallest absolute Gasteiger partial charge is 0.126 e. The molecule has 0 bridgehead atoms. The van der Waals surface area contributed by atoms with Gasteiger partial charge in [-0.3, -0.25) is 0 Å². The highest BCUT2D eigenvalue weighted by molar-refractivity contribution is 5.36. The molecule has 1 saturated carbocycles. The maximum atomic E-state index is 13.5. The summed E-state index contributed by atoms with van der Waals surface area (Å²) < 4.78 is 13.5. The van der Waals surface area contributed by atoms with Crippen LogP contribution in [-0.2, 0) is 5.41 Å². The van der Waals surface area contributed by atoms with Crippen molar-refractivity contribution in [2.75, 3.05) is 0 Å². The number of rotatable bonds is 3. The zero-order valence-corrected chi connectivity index (χ0v) is 12.5. The molecule has 0 aromatic heterocycles. The lowest BCUT2D eigenvalue weighted by Gasteiger charge is -2.36. The standard InChI is InChI=1S/C19H22FN/c1-14-13-15(9-10-17(14)20)18(21)19(11-5-6-12-19)16-7-3-2-4-8-16/h2-4,7-10,13,18H,5-6,11-12,21H2,1H3. The van der Waals surface area contributed by atoms with Gasteiger partial charge in [0.1, 0.15) is 5.82 Å². The molecule has 1 nitrogen and oxygen atoms in total. The molecule has 1 aliphatic rings. The van der Waals surface area contributed by atoms with Crippen molar-refractivity contribution in [2.24, 2.45) is 5.73 Å². The van der Waals surface area contributed by atoms with E-state index >= 15 is 0 Å². The van der Waals surface area contributed by atoms with Crippen molar-refractivity contribution in [3.63, 3.8) is 0 Å². The molecule has 0 spiro atoms. The zero-order valence-electron chi connectivity index (χ0n) is 12.5. The molecule has 0 radical (unpaired) electrons. The lowest BCUT2D eigenvalue weighted by Crippen LogP contribution is -2.36. The van der Waals surface area contributed by atoms with Crippen LogP contribution in [0.2, 0.25) is 0 Å². The highest BCUT2D eigenvalue weighted by Gasteiger charge is 2.41. The average Bonchev–Trinajstić information content (AvgIpc) is 3.01. The molecule has 0 amide bonds. The Morgan fingerprint density at radius 2 is 1.71 bits per heavy atom. The lowest BCUT2D eigenvalue weighted by molar-refractivity contribution is 0.356. The fourth-order valence-electron chi connectivity index (χ4n) is 3.74. The molecule has 1 atom stereocenters. The summed E-state index contributed by atoms with van der Waals surface area (Å²) in [5, 5.41) is 0. The van der Waals surface area contributed by atoms with E-state index in [9.17, 15) is 4.39 Å². The number of nitrogens with two attached hydrogens (primary N) is 1. The summed E-state index contributed by atoms with van der Waals surface area (Å²) in [6, 6.07) is 15.8. The van der Waals surface area contributed by atoms with Crippen molar-refractivity contribution >= 4 is 0 Å².